The first kappa shape index (κ1) is 19.1. The summed E-state index contributed by atoms with van der Waals surface area (Å²) in [6.07, 6.45) is 2.94. The van der Waals surface area contributed by atoms with Gasteiger partial charge in [-0.05, 0) is 55.0 Å². The molecule has 1 amide bonds. The molecule has 0 spiro atoms. The lowest BCUT2D eigenvalue weighted by molar-refractivity contribution is -0.115. The summed E-state index contributed by atoms with van der Waals surface area (Å²) in [7, 11) is 0. The summed E-state index contributed by atoms with van der Waals surface area (Å²) in [6, 6.07) is 6.47. The highest BCUT2D eigenvalue weighted by Gasteiger charge is 2.27. The summed E-state index contributed by atoms with van der Waals surface area (Å²) in [6.45, 7) is 7.39. The minimum atomic E-state index is -0.0216. The van der Waals surface area contributed by atoms with Crippen molar-refractivity contribution in [3.63, 3.8) is 0 Å². The van der Waals surface area contributed by atoms with Gasteiger partial charge in [-0.3, -0.25) is 14.7 Å². The van der Waals surface area contributed by atoms with Gasteiger partial charge in [0.15, 0.2) is 10.3 Å². The molecular weight excluding hydrogens is 402 g/mol. The molecule has 29 heavy (non-hydrogen) atoms. The minimum Gasteiger partial charge on any atom is -0.322 e. The number of thiazole rings is 1. The molecule has 3 aliphatic heterocycles. The monoisotopic (exact) mass is 427 g/mol. The van der Waals surface area contributed by atoms with E-state index in [-0.39, 0.29) is 5.91 Å². The van der Waals surface area contributed by atoms with Gasteiger partial charge in [-0.2, -0.15) is 0 Å². The molecule has 0 atom stereocenters. The first-order valence-corrected chi connectivity index (χ1v) is 11.9. The van der Waals surface area contributed by atoms with Gasteiger partial charge >= 0.3 is 0 Å². The molecule has 2 aromatic rings. The van der Waals surface area contributed by atoms with Crippen molar-refractivity contribution in [1.82, 2.24) is 14.8 Å². The fraction of sp³-hybridized carbons (Fsp3) is 0.476. The van der Waals surface area contributed by atoms with Gasteiger partial charge in [-0.1, -0.05) is 36.1 Å². The van der Waals surface area contributed by atoms with E-state index in [4.69, 9.17) is 0 Å². The highest BCUT2D eigenvalue weighted by atomic mass is 32.2. The maximum absolute atomic E-state index is 12.5. The van der Waals surface area contributed by atoms with Crippen molar-refractivity contribution in [2.75, 3.05) is 31.5 Å². The van der Waals surface area contributed by atoms with Crippen molar-refractivity contribution in [1.29, 1.82) is 0 Å². The molecule has 3 aliphatic rings. The number of nitrogens with one attached hydrogen (secondary N) is 1. The van der Waals surface area contributed by atoms with Crippen molar-refractivity contribution in [3.8, 4) is 0 Å². The number of piperidine rings is 1. The number of likely N-dealkylation sites (tertiary alicyclic amines) is 1. The third kappa shape index (κ3) is 4.20. The summed E-state index contributed by atoms with van der Waals surface area (Å²) in [5, 5.41) is 6.71. The number of benzene rings is 1. The highest BCUT2D eigenvalue weighted by Crippen LogP contribution is 2.32. The number of thioether (sulfide) groups is 1. The van der Waals surface area contributed by atoms with E-state index in [1.54, 1.807) is 23.1 Å². The van der Waals surface area contributed by atoms with Crippen LogP contribution < -0.4 is 5.32 Å². The molecule has 1 aromatic heterocycles. The molecule has 0 unspecified atom stereocenters. The van der Waals surface area contributed by atoms with E-state index in [1.165, 1.54) is 31.5 Å². The van der Waals surface area contributed by atoms with Gasteiger partial charge in [0.05, 0.1) is 23.2 Å². The number of hydrogen-bond acceptors (Lipinski definition) is 7. The topological polar surface area (TPSA) is 60.8 Å². The number of amidine groups is 1. The maximum atomic E-state index is 12.5. The number of carbonyl (C=O) groups is 1. The highest BCUT2D eigenvalue weighted by molar-refractivity contribution is 8.16. The van der Waals surface area contributed by atoms with Crippen LogP contribution in [0.5, 0.6) is 0 Å². The fourth-order valence-electron chi connectivity index (χ4n) is 4.04. The van der Waals surface area contributed by atoms with Crippen molar-refractivity contribution < 1.29 is 4.79 Å². The Labute approximate surface area is 179 Å². The van der Waals surface area contributed by atoms with Crippen LogP contribution in [0, 0.1) is 5.92 Å². The summed E-state index contributed by atoms with van der Waals surface area (Å²) in [5.41, 5.74) is 3.30. The van der Waals surface area contributed by atoms with Crippen LogP contribution in [-0.2, 0) is 11.3 Å². The number of nitrogens with zero attached hydrogens (tertiary/aromatic N) is 4. The Balaban J connectivity index is 1.22. The Morgan fingerprint density at radius 1 is 1.28 bits per heavy atom. The third-order valence-corrected chi connectivity index (χ3v) is 7.66. The lowest BCUT2D eigenvalue weighted by Crippen LogP contribution is -2.32. The Bertz CT molecular complexity index is 990. The van der Waals surface area contributed by atoms with E-state index in [0.717, 1.165) is 46.6 Å². The van der Waals surface area contributed by atoms with Gasteiger partial charge in [0, 0.05) is 18.8 Å². The predicted octanol–water partition coefficient (Wildman–Crippen LogP) is 4.12. The largest absolute Gasteiger partial charge is 0.322 e. The fourth-order valence-corrected chi connectivity index (χ4v) is 5.94. The normalized spacial score (nSPS) is 20.1. The van der Waals surface area contributed by atoms with Crippen molar-refractivity contribution in [3.05, 3.63) is 34.9 Å². The number of rotatable bonds is 5. The van der Waals surface area contributed by atoms with E-state index >= 15 is 0 Å². The molecule has 152 valence electrons. The quantitative estimate of drug-likeness (QED) is 0.778. The zero-order valence-electron chi connectivity index (χ0n) is 16.6. The number of carbonyl (C=O) groups excluding carboxylic acids is 1. The summed E-state index contributed by atoms with van der Waals surface area (Å²) < 4.78 is 1.13. The average Bonchev–Trinajstić information content (AvgIpc) is 3.40. The number of anilines is 1. The molecule has 0 bridgehead atoms. The molecule has 6 nitrogen and oxygen atoms in total. The van der Waals surface area contributed by atoms with Gasteiger partial charge in [0.1, 0.15) is 0 Å². The number of amides is 1. The van der Waals surface area contributed by atoms with Crippen LogP contribution in [-0.4, -0.2) is 52.0 Å². The lowest BCUT2D eigenvalue weighted by atomic mass is 9.99. The average molecular weight is 428 g/mol. The van der Waals surface area contributed by atoms with Gasteiger partial charge in [0.2, 0.25) is 5.91 Å². The van der Waals surface area contributed by atoms with Gasteiger partial charge < -0.3 is 10.2 Å². The maximum Gasteiger partial charge on any atom is 0.232 e. The molecule has 1 saturated heterocycles. The minimum absolute atomic E-state index is 0.0216. The Morgan fingerprint density at radius 2 is 2.14 bits per heavy atom. The molecule has 0 aliphatic carbocycles. The van der Waals surface area contributed by atoms with E-state index < -0.39 is 0 Å². The van der Waals surface area contributed by atoms with Crippen LogP contribution in [0.2, 0.25) is 0 Å². The molecule has 1 N–H and O–H groups in total. The van der Waals surface area contributed by atoms with Gasteiger partial charge in [0.25, 0.3) is 0 Å². The van der Waals surface area contributed by atoms with Crippen LogP contribution >= 0.6 is 23.1 Å². The standard InChI is InChI=1S/C21H25N5OS2/c1-14-4-7-25(8-5-14)12-15-2-3-17-18(10-15)29-20(23-17)24-19(27)11-16-13-28-21-22-6-9-26(16)21/h2-3,10,13-14H,4-9,11-12H2,1H3,(H,23,24,27). The summed E-state index contributed by atoms with van der Waals surface area (Å²) >= 11 is 3.16. The molecule has 1 aromatic carbocycles. The zero-order chi connectivity index (χ0) is 19.8. The first-order valence-electron chi connectivity index (χ1n) is 10.2. The predicted molar refractivity (Wildman–Crippen MR) is 121 cm³/mol. The van der Waals surface area contributed by atoms with Crippen molar-refractivity contribution in [2.45, 2.75) is 32.7 Å². The van der Waals surface area contributed by atoms with Crippen LogP contribution in [0.25, 0.3) is 10.2 Å². The molecule has 0 saturated carbocycles. The summed E-state index contributed by atoms with van der Waals surface area (Å²) in [5.74, 6) is 0.830. The SMILES string of the molecule is CC1CCN(Cc2ccc3nc(NC(=O)CC4=CSC5=NCCN45)sc3c2)CC1. The van der Waals surface area contributed by atoms with E-state index in [9.17, 15) is 4.79 Å². The zero-order valence-corrected chi connectivity index (χ0v) is 18.2. The second-order valence-electron chi connectivity index (χ2n) is 8.05. The number of fused-ring (bicyclic) bond motifs is 2. The second-order valence-corrected chi connectivity index (χ2v) is 9.91. The van der Waals surface area contributed by atoms with Crippen LogP contribution in [0.1, 0.15) is 31.7 Å². The molecule has 0 radical (unpaired) electrons. The van der Waals surface area contributed by atoms with Gasteiger partial charge in [-0.25, -0.2) is 4.98 Å². The van der Waals surface area contributed by atoms with Crippen LogP contribution in [0.4, 0.5) is 5.13 Å². The Kier molecular flexibility index (Phi) is 5.32. The number of aromatic nitrogens is 1. The van der Waals surface area contributed by atoms with E-state index in [0.29, 0.717) is 11.6 Å². The molecule has 1 fully saturated rings. The van der Waals surface area contributed by atoms with E-state index in [2.05, 4.69) is 50.2 Å². The molecule has 4 heterocycles. The Hall–Kier alpha value is -1.90. The van der Waals surface area contributed by atoms with E-state index in [1.807, 2.05) is 5.41 Å². The lowest BCUT2D eigenvalue weighted by Gasteiger charge is -2.30. The summed E-state index contributed by atoms with van der Waals surface area (Å²) in [4.78, 5) is 26.2. The first-order chi connectivity index (χ1) is 14.1. The third-order valence-electron chi connectivity index (χ3n) is 5.77. The van der Waals surface area contributed by atoms with Crippen molar-refractivity contribution in [2.24, 2.45) is 10.9 Å². The second kappa shape index (κ2) is 8.08. The Morgan fingerprint density at radius 3 is 3.00 bits per heavy atom. The van der Waals surface area contributed by atoms with Crippen LogP contribution in [0.15, 0.2) is 34.3 Å². The van der Waals surface area contributed by atoms with Crippen LogP contribution in [0.3, 0.4) is 0 Å². The van der Waals surface area contributed by atoms with Gasteiger partial charge in [-0.15, -0.1) is 0 Å². The molecule has 8 heteroatoms. The smallest absolute Gasteiger partial charge is 0.232 e. The number of hydrogen-bond donors (Lipinski definition) is 1. The molecular formula is C21H25N5OS2. The molecule has 5 rings (SSSR count). The number of aliphatic imine (C=N–C) groups is 1. The van der Waals surface area contributed by atoms with Crippen molar-refractivity contribution >= 4 is 49.5 Å².